The molecule has 44 heavy (non-hydrogen) atoms. The van der Waals surface area contributed by atoms with Crippen LogP contribution >= 0.6 is 0 Å². The second-order valence-electron chi connectivity index (χ2n) is 10.3. The summed E-state index contributed by atoms with van der Waals surface area (Å²) in [5.74, 6) is 1.83. The zero-order valence-corrected chi connectivity index (χ0v) is 23.5. The summed E-state index contributed by atoms with van der Waals surface area (Å²) >= 11 is 0. The van der Waals surface area contributed by atoms with Crippen LogP contribution in [0.15, 0.2) is 140 Å². The molecular weight excluding hydrogens is 538 g/mol. The molecule has 0 radical (unpaired) electrons. The first-order valence-electron chi connectivity index (χ1n) is 14.2. The summed E-state index contributed by atoms with van der Waals surface area (Å²) in [6, 6.07) is 50.1. The molecule has 0 unspecified atom stereocenters. The number of benzene rings is 6. The summed E-state index contributed by atoms with van der Waals surface area (Å²) in [5, 5.41) is 21.2. The van der Waals surface area contributed by atoms with Crippen molar-refractivity contribution in [3.05, 3.63) is 151 Å². The van der Waals surface area contributed by atoms with Crippen LogP contribution in [0.2, 0.25) is 0 Å². The number of hydrogen-bond acceptors (Lipinski definition) is 5. The molecule has 0 saturated carbocycles. The number of fused-ring (bicyclic) bond motifs is 1. The summed E-state index contributed by atoms with van der Waals surface area (Å²) in [4.78, 5) is 14.6. The van der Waals surface area contributed by atoms with Gasteiger partial charge in [0.1, 0.15) is 0 Å². The monoisotopic (exact) mass is 561 g/mol. The highest BCUT2D eigenvalue weighted by Gasteiger charge is 2.15. The van der Waals surface area contributed by atoms with Gasteiger partial charge in [0.15, 0.2) is 17.5 Å². The molecule has 0 aliphatic heterocycles. The summed E-state index contributed by atoms with van der Waals surface area (Å²) in [5.41, 5.74) is 7.53. The van der Waals surface area contributed by atoms with E-state index in [0.717, 1.165) is 49.7 Å². The Morgan fingerprint density at radius 1 is 0.364 bits per heavy atom. The Morgan fingerprint density at radius 3 is 1.32 bits per heavy atom. The van der Waals surface area contributed by atoms with Crippen LogP contribution in [0.5, 0.6) is 0 Å². The average molecular weight is 562 g/mol. The fourth-order valence-electron chi connectivity index (χ4n) is 5.48. The number of aromatic nitrogens is 3. The van der Waals surface area contributed by atoms with Gasteiger partial charge < -0.3 is 0 Å². The van der Waals surface area contributed by atoms with Crippen molar-refractivity contribution in [1.82, 2.24) is 15.0 Å². The Labute approximate surface area is 255 Å². The van der Waals surface area contributed by atoms with Crippen LogP contribution < -0.4 is 0 Å². The van der Waals surface area contributed by atoms with Gasteiger partial charge in [0.2, 0.25) is 0 Å². The van der Waals surface area contributed by atoms with Gasteiger partial charge in [-0.2, -0.15) is 10.5 Å². The van der Waals surface area contributed by atoms with E-state index in [0.29, 0.717) is 28.6 Å². The maximum Gasteiger partial charge on any atom is 0.164 e. The normalized spacial score (nSPS) is 10.7. The summed E-state index contributed by atoms with van der Waals surface area (Å²) in [6.07, 6.45) is 0. The molecule has 0 N–H and O–H groups in total. The standard InChI is InChI=1S/C39H23N5/c40-24-26-20-27(25-41)22-32(21-26)34-19-18-33(35-16-7-8-17-36(34)35)30-14-9-15-31(23-30)39-43-37(28-10-3-1-4-11-28)42-38(44-39)29-12-5-2-6-13-29/h1-23H. The zero-order chi connectivity index (χ0) is 29.9. The first kappa shape index (κ1) is 26.5. The molecule has 0 bridgehead atoms. The molecule has 7 aromatic rings. The van der Waals surface area contributed by atoms with Gasteiger partial charge >= 0.3 is 0 Å². The summed E-state index contributed by atoms with van der Waals surface area (Å²) in [6.45, 7) is 0. The molecule has 1 heterocycles. The minimum absolute atomic E-state index is 0.460. The van der Waals surface area contributed by atoms with Crippen LogP contribution in [0.4, 0.5) is 0 Å². The molecule has 0 atom stereocenters. The lowest BCUT2D eigenvalue weighted by Gasteiger charge is -2.14. The molecule has 1 aromatic heterocycles. The molecule has 0 saturated heterocycles. The van der Waals surface area contributed by atoms with Gasteiger partial charge in [0.25, 0.3) is 0 Å². The minimum atomic E-state index is 0.460. The molecule has 0 spiro atoms. The summed E-state index contributed by atoms with van der Waals surface area (Å²) < 4.78 is 0. The maximum atomic E-state index is 9.55. The Balaban J connectivity index is 1.37. The second kappa shape index (κ2) is 11.4. The van der Waals surface area contributed by atoms with Crippen molar-refractivity contribution in [3.63, 3.8) is 0 Å². The Hall–Kier alpha value is -6.43. The summed E-state index contributed by atoms with van der Waals surface area (Å²) in [7, 11) is 0. The number of rotatable bonds is 5. The molecule has 7 rings (SSSR count). The van der Waals surface area contributed by atoms with Crippen LogP contribution in [0.3, 0.4) is 0 Å². The van der Waals surface area contributed by atoms with Crippen molar-refractivity contribution in [2.75, 3.05) is 0 Å². The molecule has 5 nitrogen and oxygen atoms in total. The molecular formula is C39H23N5. The van der Waals surface area contributed by atoms with Crippen LogP contribution in [0, 0.1) is 22.7 Å². The first-order valence-corrected chi connectivity index (χ1v) is 14.2. The predicted octanol–water partition coefficient (Wildman–Crippen LogP) is 9.10. The Bertz CT molecular complexity index is 2150. The van der Waals surface area contributed by atoms with E-state index in [1.54, 1.807) is 6.07 Å². The van der Waals surface area contributed by atoms with Crippen molar-refractivity contribution in [1.29, 1.82) is 10.5 Å². The van der Waals surface area contributed by atoms with Gasteiger partial charge in [-0.15, -0.1) is 0 Å². The van der Waals surface area contributed by atoms with Gasteiger partial charge in [-0.3, -0.25) is 0 Å². The van der Waals surface area contributed by atoms with Crippen molar-refractivity contribution >= 4 is 10.8 Å². The molecule has 0 fully saturated rings. The molecule has 0 aliphatic rings. The Morgan fingerprint density at radius 2 is 0.795 bits per heavy atom. The van der Waals surface area contributed by atoms with E-state index in [-0.39, 0.29) is 0 Å². The quantitative estimate of drug-likeness (QED) is 0.209. The lowest BCUT2D eigenvalue weighted by molar-refractivity contribution is 1.07. The third-order valence-electron chi connectivity index (χ3n) is 7.56. The SMILES string of the molecule is N#Cc1cc(C#N)cc(-c2ccc(-c3cccc(-c4nc(-c5ccccc5)nc(-c5ccccc5)n4)c3)c3ccccc23)c1. The van der Waals surface area contributed by atoms with Gasteiger partial charge in [-0.1, -0.05) is 115 Å². The van der Waals surface area contributed by atoms with Crippen molar-refractivity contribution < 1.29 is 0 Å². The number of nitriles is 2. The predicted molar refractivity (Wildman–Crippen MR) is 174 cm³/mol. The minimum Gasteiger partial charge on any atom is -0.208 e. The largest absolute Gasteiger partial charge is 0.208 e. The Kier molecular flexibility index (Phi) is 6.89. The average Bonchev–Trinajstić information content (AvgIpc) is 3.11. The molecule has 6 aromatic carbocycles. The van der Waals surface area contributed by atoms with E-state index in [1.165, 1.54) is 0 Å². The zero-order valence-electron chi connectivity index (χ0n) is 23.5. The smallest absolute Gasteiger partial charge is 0.164 e. The van der Waals surface area contributed by atoms with E-state index in [9.17, 15) is 10.5 Å². The lowest BCUT2D eigenvalue weighted by atomic mass is 9.90. The fourth-order valence-corrected chi connectivity index (χ4v) is 5.48. The number of hydrogen-bond donors (Lipinski definition) is 0. The topological polar surface area (TPSA) is 86.2 Å². The van der Waals surface area contributed by atoms with Crippen molar-refractivity contribution in [2.24, 2.45) is 0 Å². The van der Waals surface area contributed by atoms with E-state index >= 15 is 0 Å². The third-order valence-corrected chi connectivity index (χ3v) is 7.56. The van der Waals surface area contributed by atoms with Gasteiger partial charge in [-0.25, -0.2) is 15.0 Å². The van der Waals surface area contributed by atoms with Crippen LogP contribution in [-0.4, -0.2) is 15.0 Å². The van der Waals surface area contributed by atoms with E-state index in [4.69, 9.17) is 15.0 Å². The molecule has 0 aliphatic carbocycles. The molecule has 5 heteroatoms. The van der Waals surface area contributed by atoms with E-state index in [2.05, 4.69) is 48.5 Å². The fraction of sp³-hybridized carbons (Fsp3) is 0. The van der Waals surface area contributed by atoms with E-state index < -0.39 is 0 Å². The van der Waals surface area contributed by atoms with E-state index in [1.807, 2.05) is 97.1 Å². The highest BCUT2D eigenvalue weighted by Crippen LogP contribution is 2.37. The van der Waals surface area contributed by atoms with Gasteiger partial charge in [-0.05, 0) is 57.3 Å². The van der Waals surface area contributed by atoms with Gasteiger partial charge in [0, 0.05) is 16.7 Å². The van der Waals surface area contributed by atoms with Crippen molar-refractivity contribution in [3.8, 4) is 68.6 Å². The first-order chi connectivity index (χ1) is 21.7. The number of nitrogens with zero attached hydrogens (tertiary/aromatic N) is 5. The van der Waals surface area contributed by atoms with Crippen LogP contribution in [0.25, 0.3) is 67.2 Å². The third kappa shape index (κ3) is 5.07. The highest BCUT2D eigenvalue weighted by molar-refractivity contribution is 6.05. The van der Waals surface area contributed by atoms with Crippen molar-refractivity contribution in [2.45, 2.75) is 0 Å². The molecule has 0 amide bonds. The van der Waals surface area contributed by atoms with Crippen LogP contribution in [0.1, 0.15) is 11.1 Å². The highest BCUT2D eigenvalue weighted by atomic mass is 15.0. The van der Waals surface area contributed by atoms with Gasteiger partial charge in [0.05, 0.1) is 23.3 Å². The molecule has 204 valence electrons. The van der Waals surface area contributed by atoms with Crippen LogP contribution in [-0.2, 0) is 0 Å². The lowest BCUT2D eigenvalue weighted by Crippen LogP contribution is -2.00. The second-order valence-corrected chi connectivity index (χ2v) is 10.3. The maximum absolute atomic E-state index is 9.55.